The van der Waals surface area contributed by atoms with Gasteiger partial charge in [-0.25, -0.2) is 0 Å². The Hall–Kier alpha value is -1.63. The van der Waals surface area contributed by atoms with Gasteiger partial charge in [0.25, 0.3) is 0 Å². The second-order valence-corrected chi connectivity index (χ2v) is 5.55. The number of aromatic nitrogens is 3. The van der Waals surface area contributed by atoms with Crippen LogP contribution in [0.4, 0.5) is 17.8 Å². The molecule has 1 aliphatic rings. The summed E-state index contributed by atoms with van der Waals surface area (Å²) in [6.07, 6.45) is 2.46. The van der Waals surface area contributed by atoms with Crippen molar-refractivity contribution in [2.24, 2.45) is 5.92 Å². The van der Waals surface area contributed by atoms with Gasteiger partial charge in [-0.15, -0.1) is 0 Å². The first kappa shape index (κ1) is 14.8. The molecule has 7 nitrogen and oxygen atoms in total. The number of nitrogens with zero attached hydrogens (tertiary/aromatic N) is 5. The Kier molecular flexibility index (Phi) is 4.94. The van der Waals surface area contributed by atoms with Crippen LogP contribution >= 0.6 is 0 Å². The number of nitrogens with one attached hydrogen (secondary N) is 2. The molecule has 112 valence electrons. The Bertz CT molecular complexity index is 427. The summed E-state index contributed by atoms with van der Waals surface area (Å²) in [7, 11) is 7.85. The predicted molar refractivity (Wildman–Crippen MR) is 82.4 cm³/mol. The molecule has 2 rings (SSSR count). The first-order chi connectivity index (χ1) is 9.58. The molecule has 7 heteroatoms. The zero-order valence-corrected chi connectivity index (χ0v) is 12.8. The Morgan fingerprint density at radius 2 is 1.80 bits per heavy atom. The van der Waals surface area contributed by atoms with E-state index in [1.54, 1.807) is 0 Å². The van der Waals surface area contributed by atoms with Crippen molar-refractivity contribution in [1.82, 2.24) is 19.9 Å². The fraction of sp³-hybridized carbons (Fsp3) is 0.769. The minimum absolute atomic E-state index is 0.592. The van der Waals surface area contributed by atoms with E-state index < -0.39 is 0 Å². The van der Waals surface area contributed by atoms with Gasteiger partial charge in [0.05, 0.1) is 0 Å². The summed E-state index contributed by atoms with van der Waals surface area (Å²) in [5, 5.41) is 6.32. The molecular weight excluding hydrogens is 254 g/mol. The molecule has 0 saturated carbocycles. The molecule has 0 aliphatic carbocycles. The second kappa shape index (κ2) is 6.69. The second-order valence-electron chi connectivity index (χ2n) is 5.55. The molecule has 1 aromatic heterocycles. The van der Waals surface area contributed by atoms with E-state index in [0.717, 1.165) is 6.54 Å². The molecule has 20 heavy (non-hydrogen) atoms. The monoisotopic (exact) mass is 279 g/mol. The summed E-state index contributed by atoms with van der Waals surface area (Å²) in [4.78, 5) is 17.3. The Labute approximate surface area is 120 Å². The van der Waals surface area contributed by atoms with Crippen LogP contribution in [0.3, 0.4) is 0 Å². The molecule has 1 aromatic rings. The SMILES string of the molecule is CNc1nc(NCC2CCN(C)CC2)nc(N(C)C)n1. The Balaban J connectivity index is 1.96. The van der Waals surface area contributed by atoms with Gasteiger partial charge in [-0.3, -0.25) is 0 Å². The lowest BCUT2D eigenvalue weighted by atomic mass is 9.97. The first-order valence-electron chi connectivity index (χ1n) is 7.12. The Morgan fingerprint density at radius 1 is 1.15 bits per heavy atom. The van der Waals surface area contributed by atoms with Crippen molar-refractivity contribution in [3.8, 4) is 0 Å². The fourth-order valence-electron chi connectivity index (χ4n) is 2.26. The van der Waals surface area contributed by atoms with Crippen LogP contribution in [0.25, 0.3) is 0 Å². The molecule has 0 amide bonds. The molecule has 0 aromatic carbocycles. The average Bonchev–Trinajstić information content (AvgIpc) is 2.46. The molecule has 1 saturated heterocycles. The van der Waals surface area contributed by atoms with Gasteiger partial charge in [-0.1, -0.05) is 0 Å². The van der Waals surface area contributed by atoms with E-state index >= 15 is 0 Å². The first-order valence-corrected chi connectivity index (χ1v) is 7.12. The summed E-state index contributed by atoms with van der Waals surface area (Å²) in [5.41, 5.74) is 0. The van der Waals surface area contributed by atoms with Crippen LogP contribution < -0.4 is 15.5 Å². The van der Waals surface area contributed by atoms with Crippen molar-refractivity contribution in [3.05, 3.63) is 0 Å². The number of piperidine rings is 1. The summed E-state index contributed by atoms with van der Waals surface area (Å²) in [6, 6.07) is 0. The molecule has 0 bridgehead atoms. The minimum Gasteiger partial charge on any atom is -0.357 e. The van der Waals surface area contributed by atoms with Crippen molar-refractivity contribution in [2.75, 3.05) is 63.4 Å². The van der Waals surface area contributed by atoms with E-state index in [2.05, 4.69) is 37.5 Å². The van der Waals surface area contributed by atoms with Crippen molar-refractivity contribution in [2.45, 2.75) is 12.8 Å². The average molecular weight is 279 g/mol. The van der Waals surface area contributed by atoms with Gasteiger partial charge in [0.2, 0.25) is 17.8 Å². The van der Waals surface area contributed by atoms with Crippen LogP contribution in [-0.4, -0.2) is 67.7 Å². The standard InChI is InChI=1S/C13H25N7/c1-14-11-16-12(18-13(17-11)19(2)3)15-9-10-5-7-20(4)8-6-10/h10H,5-9H2,1-4H3,(H2,14,15,16,17,18). The smallest absolute Gasteiger partial charge is 0.231 e. The number of anilines is 3. The van der Waals surface area contributed by atoms with Crippen molar-refractivity contribution in [3.63, 3.8) is 0 Å². The lowest BCUT2D eigenvalue weighted by Gasteiger charge is -2.29. The molecule has 0 atom stereocenters. The van der Waals surface area contributed by atoms with Crippen LogP contribution in [0.15, 0.2) is 0 Å². The molecule has 1 aliphatic heterocycles. The summed E-state index contributed by atoms with van der Waals surface area (Å²) >= 11 is 0. The van der Waals surface area contributed by atoms with Crippen LogP contribution in [0.5, 0.6) is 0 Å². The zero-order valence-electron chi connectivity index (χ0n) is 12.8. The van der Waals surface area contributed by atoms with Crippen LogP contribution in [0.1, 0.15) is 12.8 Å². The van der Waals surface area contributed by atoms with Gasteiger partial charge in [0, 0.05) is 27.7 Å². The normalized spacial score (nSPS) is 17.0. The molecule has 0 unspecified atom stereocenters. The lowest BCUT2D eigenvalue weighted by molar-refractivity contribution is 0.226. The molecule has 0 radical (unpaired) electrons. The maximum absolute atomic E-state index is 4.42. The highest BCUT2D eigenvalue weighted by Gasteiger charge is 2.17. The third-order valence-electron chi connectivity index (χ3n) is 3.63. The summed E-state index contributed by atoms with van der Waals surface area (Å²) < 4.78 is 0. The number of hydrogen-bond acceptors (Lipinski definition) is 7. The largest absolute Gasteiger partial charge is 0.357 e. The van der Waals surface area contributed by atoms with Gasteiger partial charge in [0.15, 0.2) is 0 Å². The van der Waals surface area contributed by atoms with E-state index in [1.165, 1.54) is 25.9 Å². The van der Waals surface area contributed by atoms with E-state index in [0.29, 0.717) is 23.8 Å². The van der Waals surface area contributed by atoms with Gasteiger partial charge < -0.3 is 20.4 Å². The number of hydrogen-bond donors (Lipinski definition) is 2. The van der Waals surface area contributed by atoms with E-state index in [4.69, 9.17) is 0 Å². The van der Waals surface area contributed by atoms with Gasteiger partial charge in [-0.05, 0) is 38.9 Å². The van der Waals surface area contributed by atoms with Crippen molar-refractivity contribution >= 4 is 17.8 Å². The topological polar surface area (TPSA) is 69.2 Å². The van der Waals surface area contributed by atoms with E-state index in [9.17, 15) is 0 Å². The Morgan fingerprint density at radius 3 is 2.40 bits per heavy atom. The third kappa shape index (κ3) is 3.93. The quantitative estimate of drug-likeness (QED) is 0.823. The summed E-state index contributed by atoms with van der Waals surface area (Å²) in [6.45, 7) is 3.27. The molecule has 2 N–H and O–H groups in total. The predicted octanol–water partition coefficient (Wildman–Crippen LogP) is 0.733. The maximum atomic E-state index is 4.42. The molecular formula is C13H25N7. The highest BCUT2D eigenvalue weighted by Crippen LogP contribution is 2.17. The van der Waals surface area contributed by atoms with Crippen LogP contribution in [0.2, 0.25) is 0 Å². The molecule has 1 fully saturated rings. The van der Waals surface area contributed by atoms with E-state index in [1.807, 2.05) is 26.0 Å². The third-order valence-corrected chi connectivity index (χ3v) is 3.63. The van der Waals surface area contributed by atoms with Gasteiger partial charge >= 0.3 is 0 Å². The zero-order chi connectivity index (χ0) is 14.5. The van der Waals surface area contributed by atoms with Crippen LogP contribution in [0, 0.1) is 5.92 Å². The van der Waals surface area contributed by atoms with E-state index in [-0.39, 0.29) is 0 Å². The summed E-state index contributed by atoms with van der Waals surface area (Å²) in [5.74, 6) is 2.60. The van der Waals surface area contributed by atoms with Crippen molar-refractivity contribution < 1.29 is 0 Å². The number of rotatable bonds is 5. The van der Waals surface area contributed by atoms with Gasteiger partial charge in [0.1, 0.15) is 0 Å². The minimum atomic E-state index is 0.592. The lowest BCUT2D eigenvalue weighted by Crippen LogP contribution is -2.33. The van der Waals surface area contributed by atoms with Gasteiger partial charge in [-0.2, -0.15) is 15.0 Å². The highest BCUT2D eigenvalue weighted by molar-refractivity contribution is 5.42. The number of likely N-dealkylation sites (tertiary alicyclic amines) is 1. The molecule has 0 spiro atoms. The van der Waals surface area contributed by atoms with Crippen molar-refractivity contribution in [1.29, 1.82) is 0 Å². The molecule has 2 heterocycles. The maximum Gasteiger partial charge on any atom is 0.231 e. The highest BCUT2D eigenvalue weighted by atomic mass is 15.3. The fourth-order valence-corrected chi connectivity index (χ4v) is 2.26. The van der Waals surface area contributed by atoms with Crippen LogP contribution in [-0.2, 0) is 0 Å².